The Morgan fingerprint density at radius 2 is 1.68 bits per heavy atom. The number of piperazine rings is 1. The molecule has 0 spiro atoms. The lowest BCUT2D eigenvalue weighted by Crippen LogP contribution is -2.51. The number of carbonyl (C=O) groups is 1. The van der Waals surface area contributed by atoms with E-state index in [9.17, 15) is 4.79 Å². The summed E-state index contributed by atoms with van der Waals surface area (Å²) in [5.74, 6) is 0.622. The van der Waals surface area contributed by atoms with Gasteiger partial charge < -0.3 is 10.2 Å². The number of piperidine rings is 1. The average molecular weight is 337 g/mol. The first-order valence-electron chi connectivity index (χ1n) is 9.50. The smallest absolute Gasteiger partial charge is 0.225 e. The van der Waals surface area contributed by atoms with E-state index in [4.69, 9.17) is 0 Å². The molecule has 0 atom stereocenters. The lowest BCUT2D eigenvalue weighted by molar-refractivity contribution is -0.138. The minimum absolute atomic E-state index is 0.242. The minimum Gasteiger partial charge on any atom is -0.340 e. The number of nitrogens with zero attached hydrogens (tertiary/aromatic N) is 2. The third kappa shape index (κ3) is 3.70. The van der Waals surface area contributed by atoms with E-state index in [1.807, 2.05) is 0 Å². The van der Waals surface area contributed by atoms with Gasteiger partial charge in [0.25, 0.3) is 0 Å². The molecule has 2 aliphatic rings. The first-order chi connectivity index (χ1) is 12.3. The summed E-state index contributed by atoms with van der Waals surface area (Å²) in [6.45, 7) is 6.62. The molecule has 0 radical (unpaired) electrons. The zero-order chi connectivity index (χ0) is 17.1. The molecule has 4 rings (SSSR count). The molecule has 2 heterocycles. The Hall–Kier alpha value is -1.91. The Kier molecular flexibility index (Phi) is 4.99. The fraction of sp³-hybridized carbons (Fsp3) is 0.476. The first kappa shape index (κ1) is 16.6. The molecular weight excluding hydrogens is 310 g/mol. The molecule has 132 valence electrons. The van der Waals surface area contributed by atoms with Gasteiger partial charge in [-0.3, -0.25) is 9.69 Å². The largest absolute Gasteiger partial charge is 0.340 e. The van der Waals surface area contributed by atoms with Crippen LogP contribution in [0.4, 0.5) is 0 Å². The maximum atomic E-state index is 12.7. The van der Waals surface area contributed by atoms with Gasteiger partial charge >= 0.3 is 0 Å². The van der Waals surface area contributed by atoms with Crippen molar-refractivity contribution < 1.29 is 4.79 Å². The van der Waals surface area contributed by atoms with Gasteiger partial charge in [-0.15, -0.1) is 0 Å². The van der Waals surface area contributed by atoms with E-state index in [2.05, 4.69) is 57.6 Å². The summed E-state index contributed by atoms with van der Waals surface area (Å²) in [5.41, 5.74) is 1.39. The molecule has 2 aromatic rings. The zero-order valence-electron chi connectivity index (χ0n) is 14.8. The fourth-order valence-corrected chi connectivity index (χ4v) is 4.12. The molecule has 25 heavy (non-hydrogen) atoms. The molecule has 0 saturated carbocycles. The summed E-state index contributed by atoms with van der Waals surface area (Å²) >= 11 is 0. The second-order valence-electron chi connectivity index (χ2n) is 7.26. The molecule has 0 unspecified atom stereocenters. The number of nitrogens with one attached hydrogen (secondary N) is 1. The van der Waals surface area contributed by atoms with Crippen LogP contribution in [-0.4, -0.2) is 55.0 Å². The lowest BCUT2D eigenvalue weighted by atomic mass is 9.96. The number of hydrogen-bond donors (Lipinski definition) is 1. The van der Waals surface area contributed by atoms with Crippen LogP contribution in [0, 0.1) is 5.92 Å². The molecule has 0 bridgehead atoms. The van der Waals surface area contributed by atoms with E-state index < -0.39 is 0 Å². The van der Waals surface area contributed by atoms with Gasteiger partial charge in [0.15, 0.2) is 0 Å². The van der Waals surface area contributed by atoms with Crippen LogP contribution in [0.1, 0.15) is 18.4 Å². The number of benzene rings is 2. The molecule has 0 aliphatic carbocycles. The first-order valence-corrected chi connectivity index (χ1v) is 9.50. The standard InChI is InChI=1S/C21H27N3O/c25-21(18-8-10-22-11-9-18)24-14-12-23(13-15-24)16-19-6-3-5-17-4-1-2-7-20(17)19/h1-7,18,22H,8-16H2. The van der Waals surface area contributed by atoms with Crippen LogP contribution in [0.25, 0.3) is 10.8 Å². The van der Waals surface area contributed by atoms with Crippen molar-refractivity contribution >= 4 is 16.7 Å². The van der Waals surface area contributed by atoms with Gasteiger partial charge in [0.1, 0.15) is 0 Å². The number of amides is 1. The molecule has 4 heteroatoms. The lowest BCUT2D eigenvalue weighted by Gasteiger charge is -2.37. The predicted octanol–water partition coefficient (Wildman–Crippen LogP) is 2.48. The van der Waals surface area contributed by atoms with Gasteiger partial charge in [0.2, 0.25) is 5.91 Å². The molecule has 1 N–H and O–H groups in total. The Balaban J connectivity index is 1.36. The van der Waals surface area contributed by atoms with Crippen molar-refractivity contribution in [1.29, 1.82) is 0 Å². The van der Waals surface area contributed by atoms with Crippen molar-refractivity contribution in [3.8, 4) is 0 Å². The normalized spacial score (nSPS) is 20.1. The summed E-state index contributed by atoms with van der Waals surface area (Å²) < 4.78 is 0. The summed E-state index contributed by atoms with van der Waals surface area (Å²) in [7, 11) is 0. The molecule has 4 nitrogen and oxygen atoms in total. The van der Waals surface area contributed by atoms with Crippen LogP contribution in [0.15, 0.2) is 42.5 Å². The molecule has 2 aliphatic heterocycles. The summed E-state index contributed by atoms with van der Waals surface area (Å²) in [6, 6.07) is 15.1. The number of rotatable bonds is 3. The zero-order valence-corrected chi connectivity index (χ0v) is 14.8. The van der Waals surface area contributed by atoms with E-state index in [0.29, 0.717) is 5.91 Å². The fourth-order valence-electron chi connectivity index (χ4n) is 4.12. The average Bonchev–Trinajstić information content (AvgIpc) is 2.69. The summed E-state index contributed by atoms with van der Waals surface area (Å²) in [4.78, 5) is 17.2. The second kappa shape index (κ2) is 7.54. The van der Waals surface area contributed by atoms with E-state index in [1.54, 1.807) is 0 Å². The highest BCUT2D eigenvalue weighted by molar-refractivity contribution is 5.85. The van der Waals surface area contributed by atoms with E-state index >= 15 is 0 Å². The molecule has 1 amide bonds. The number of carbonyl (C=O) groups excluding carboxylic acids is 1. The summed E-state index contributed by atoms with van der Waals surface area (Å²) in [5, 5.41) is 5.99. The number of hydrogen-bond acceptors (Lipinski definition) is 3. The van der Waals surface area contributed by atoms with Crippen LogP contribution in [0.5, 0.6) is 0 Å². The maximum Gasteiger partial charge on any atom is 0.225 e. The highest BCUT2D eigenvalue weighted by Crippen LogP contribution is 2.21. The third-order valence-corrected chi connectivity index (χ3v) is 5.65. The van der Waals surface area contributed by atoms with E-state index in [-0.39, 0.29) is 5.92 Å². The molecule has 0 aromatic heterocycles. The van der Waals surface area contributed by atoms with Gasteiger partial charge in [0, 0.05) is 38.6 Å². The quantitative estimate of drug-likeness (QED) is 0.935. The Morgan fingerprint density at radius 3 is 2.48 bits per heavy atom. The van der Waals surface area contributed by atoms with Crippen molar-refractivity contribution in [3.05, 3.63) is 48.0 Å². The molecule has 2 aromatic carbocycles. The van der Waals surface area contributed by atoms with Gasteiger partial charge in [-0.05, 0) is 42.3 Å². The third-order valence-electron chi connectivity index (χ3n) is 5.65. The minimum atomic E-state index is 0.242. The number of fused-ring (bicyclic) bond motifs is 1. The topological polar surface area (TPSA) is 35.6 Å². The monoisotopic (exact) mass is 337 g/mol. The van der Waals surface area contributed by atoms with Gasteiger partial charge in [-0.1, -0.05) is 42.5 Å². The summed E-state index contributed by atoms with van der Waals surface area (Å²) in [6.07, 6.45) is 1.99. The van der Waals surface area contributed by atoms with Crippen LogP contribution in [0.2, 0.25) is 0 Å². The molecular formula is C21H27N3O. The predicted molar refractivity (Wildman–Crippen MR) is 101 cm³/mol. The van der Waals surface area contributed by atoms with E-state index in [0.717, 1.165) is 58.7 Å². The Bertz CT molecular complexity index is 726. The van der Waals surface area contributed by atoms with Gasteiger partial charge in [-0.25, -0.2) is 0 Å². The second-order valence-corrected chi connectivity index (χ2v) is 7.26. The Morgan fingerprint density at radius 1 is 0.960 bits per heavy atom. The van der Waals surface area contributed by atoms with Crippen LogP contribution < -0.4 is 5.32 Å². The van der Waals surface area contributed by atoms with Crippen molar-refractivity contribution in [2.75, 3.05) is 39.3 Å². The van der Waals surface area contributed by atoms with Crippen molar-refractivity contribution in [2.24, 2.45) is 5.92 Å². The van der Waals surface area contributed by atoms with Crippen LogP contribution >= 0.6 is 0 Å². The molecule has 2 fully saturated rings. The van der Waals surface area contributed by atoms with Crippen molar-refractivity contribution in [1.82, 2.24) is 15.1 Å². The highest BCUT2D eigenvalue weighted by atomic mass is 16.2. The molecule has 2 saturated heterocycles. The van der Waals surface area contributed by atoms with Crippen molar-refractivity contribution in [3.63, 3.8) is 0 Å². The van der Waals surface area contributed by atoms with Gasteiger partial charge in [0.05, 0.1) is 0 Å². The highest BCUT2D eigenvalue weighted by Gasteiger charge is 2.28. The van der Waals surface area contributed by atoms with Gasteiger partial charge in [-0.2, -0.15) is 0 Å². The van der Waals surface area contributed by atoms with Crippen LogP contribution in [-0.2, 0) is 11.3 Å². The maximum absolute atomic E-state index is 12.7. The van der Waals surface area contributed by atoms with Crippen molar-refractivity contribution in [2.45, 2.75) is 19.4 Å². The van der Waals surface area contributed by atoms with Crippen LogP contribution in [0.3, 0.4) is 0 Å². The SMILES string of the molecule is O=C(C1CCNCC1)N1CCN(Cc2cccc3ccccc23)CC1. The Labute approximate surface area is 149 Å². The van der Waals surface area contributed by atoms with E-state index in [1.165, 1.54) is 16.3 Å².